The van der Waals surface area contributed by atoms with Crippen molar-refractivity contribution >= 4 is 11.6 Å². The zero-order valence-electron chi connectivity index (χ0n) is 10.7. The minimum atomic E-state index is -0.0571. The van der Waals surface area contributed by atoms with Crippen LogP contribution in [-0.4, -0.2) is 44.5 Å². The molecule has 0 heterocycles. The lowest BCUT2D eigenvalue weighted by molar-refractivity contribution is -0.117. The van der Waals surface area contributed by atoms with Crippen molar-refractivity contribution in [1.29, 1.82) is 5.26 Å². The van der Waals surface area contributed by atoms with Gasteiger partial charge < -0.3 is 10.6 Å². The summed E-state index contributed by atoms with van der Waals surface area (Å²) in [5.41, 5.74) is 1.29. The number of hydrogen-bond donors (Lipinski definition) is 2. The van der Waals surface area contributed by atoms with Crippen molar-refractivity contribution in [3.8, 4) is 6.07 Å². The van der Waals surface area contributed by atoms with Crippen LogP contribution in [0.4, 0.5) is 5.69 Å². The second kappa shape index (κ2) is 7.43. The highest BCUT2D eigenvalue weighted by atomic mass is 16.2. The molecule has 0 bridgehead atoms. The van der Waals surface area contributed by atoms with E-state index in [-0.39, 0.29) is 5.91 Å². The molecule has 18 heavy (non-hydrogen) atoms. The molecule has 1 amide bonds. The lowest BCUT2D eigenvalue weighted by Gasteiger charge is -2.15. The zero-order valence-corrected chi connectivity index (χ0v) is 10.7. The molecule has 0 aromatic heterocycles. The third-order valence-electron chi connectivity index (χ3n) is 2.45. The highest BCUT2D eigenvalue weighted by Gasteiger charge is 2.06. The molecule has 1 aromatic carbocycles. The van der Waals surface area contributed by atoms with Gasteiger partial charge in [0.15, 0.2) is 0 Å². The molecular weight excluding hydrogens is 228 g/mol. The van der Waals surface area contributed by atoms with Crippen molar-refractivity contribution in [2.75, 3.05) is 39.0 Å². The smallest absolute Gasteiger partial charge is 0.238 e. The van der Waals surface area contributed by atoms with Crippen LogP contribution in [0.3, 0.4) is 0 Å². The topological polar surface area (TPSA) is 68.2 Å². The summed E-state index contributed by atoms with van der Waals surface area (Å²) in [5.74, 6) is -0.0571. The second-order valence-corrected chi connectivity index (χ2v) is 4.08. The maximum Gasteiger partial charge on any atom is 0.238 e. The summed E-state index contributed by atoms with van der Waals surface area (Å²) in [6.07, 6.45) is 0. The fourth-order valence-electron chi connectivity index (χ4n) is 1.46. The van der Waals surface area contributed by atoms with E-state index in [0.29, 0.717) is 17.8 Å². The fourth-order valence-corrected chi connectivity index (χ4v) is 1.46. The predicted octanol–water partition coefficient (Wildman–Crippen LogP) is 0.648. The Morgan fingerprint density at radius 3 is 2.61 bits per heavy atom. The molecule has 0 saturated heterocycles. The van der Waals surface area contributed by atoms with E-state index in [0.717, 1.165) is 13.1 Å². The van der Waals surface area contributed by atoms with Gasteiger partial charge in [-0.15, -0.1) is 0 Å². The fraction of sp³-hybridized carbons (Fsp3) is 0.385. The van der Waals surface area contributed by atoms with Crippen LogP contribution in [-0.2, 0) is 4.79 Å². The van der Waals surface area contributed by atoms with Gasteiger partial charge in [-0.3, -0.25) is 9.69 Å². The van der Waals surface area contributed by atoms with Gasteiger partial charge in [0.25, 0.3) is 0 Å². The predicted molar refractivity (Wildman–Crippen MR) is 71.2 cm³/mol. The Bertz CT molecular complexity index is 422. The van der Waals surface area contributed by atoms with Crippen LogP contribution < -0.4 is 10.6 Å². The number of hydrogen-bond acceptors (Lipinski definition) is 4. The number of nitriles is 1. The highest BCUT2D eigenvalue weighted by molar-refractivity contribution is 5.92. The number of carbonyl (C=O) groups excluding carboxylic acids is 1. The summed E-state index contributed by atoms with van der Waals surface area (Å²) in [5, 5.41) is 14.5. The van der Waals surface area contributed by atoms with Crippen molar-refractivity contribution in [2.45, 2.75) is 0 Å². The third-order valence-corrected chi connectivity index (χ3v) is 2.45. The Balaban J connectivity index is 2.41. The van der Waals surface area contributed by atoms with Gasteiger partial charge in [-0.2, -0.15) is 5.26 Å². The van der Waals surface area contributed by atoms with E-state index in [1.54, 1.807) is 24.3 Å². The van der Waals surface area contributed by atoms with Gasteiger partial charge in [0.05, 0.1) is 18.2 Å². The Hall–Kier alpha value is -1.90. The molecule has 0 spiro atoms. The van der Waals surface area contributed by atoms with Crippen molar-refractivity contribution in [2.24, 2.45) is 0 Å². The molecule has 2 N–H and O–H groups in total. The molecule has 1 rings (SSSR count). The molecule has 96 valence electrons. The third kappa shape index (κ3) is 4.95. The van der Waals surface area contributed by atoms with Gasteiger partial charge in [-0.1, -0.05) is 0 Å². The SMILES string of the molecule is CNCCN(C)CC(=O)Nc1ccc(C#N)cc1. The molecule has 0 saturated carbocycles. The van der Waals surface area contributed by atoms with Crippen molar-refractivity contribution in [3.05, 3.63) is 29.8 Å². The molecule has 5 nitrogen and oxygen atoms in total. The minimum absolute atomic E-state index is 0.0571. The zero-order chi connectivity index (χ0) is 13.4. The van der Waals surface area contributed by atoms with Crippen LogP contribution in [0.2, 0.25) is 0 Å². The van der Waals surface area contributed by atoms with Crippen molar-refractivity contribution in [3.63, 3.8) is 0 Å². The van der Waals surface area contributed by atoms with Crippen LogP contribution in [0.15, 0.2) is 24.3 Å². The first-order chi connectivity index (χ1) is 8.65. The number of benzene rings is 1. The summed E-state index contributed by atoms with van der Waals surface area (Å²) in [6, 6.07) is 8.85. The van der Waals surface area contributed by atoms with Gasteiger partial charge in [0, 0.05) is 18.8 Å². The highest BCUT2D eigenvalue weighted by Crippen LogP contribution is 2.08. The first-order valence-corrected chi connectivity index (χ1v) is 5.79. The molecule has 0 aliphatic carbocycles. The minimum Gasteiger partial charge on any atom is -0.325 e. The molecule has 0 unspecified atom stereocenters. The first kappa shape index (κ1) is 14.2. The largest absolute Gasteiger partial charge is 0.325 e. The summed E-state index contributed by atoms with van der Waals surface area (Å²) in [7, 11) is 3.78. The molecule has 0 aliphatic rings. The van der Waals surface area contributed by atoms with Crippen LogP contribution in [0.5, 0.6) is 0 Å². The summed E-state index contributed by atoms with van der Waals surface area (Å²) < 4.78 is 0. The monoisotopic (exact) mass is 246 g/mol. The van der Waals surface area contributed by atoms with Crippen LogP contribution in [0.1, 0.15) is 5.56 Å². The standard InChI is InChI=1S/C13H18N4O/c1-15-7-8-17(2)10-13(18)16-12-5-3-11(9-14)4-6-12/h3-6,15H,7-8,10H2,1-2H3,(H,16,18). The molecule has 0 fully saturated rings. The number of nitrogens with one attached hydrogen (secondary N) is 2. The van der Waals surface area contributed by atoms with Gasteiger partial charge in [-0.25, -0.2) is 0 Å². The Morgan fingerprint density at radius 2 is 2.06 bits per heavy atom. The number of likely N-dealkylation sites (N-methyl/N-ethyl adjacent to an activating group) is 2. The van der Waals surface area contributed by atoms with E-state index in [1.165, 1.54) is 0 Å². The van der Waals surface area contributed by atoms with E-state index in [9.17, 15) is 4.79 Å². The molecule has 0 atom stereocenters. The van der Waals surface area contributed by atoms with Crippen LogP contribution >= 0.6 is 0 Å². The molecule has 1 aromatic rings. The lowest BCUT2D eigenvalue weighted by atomic mass is 10.2. The van der Waals surface area contributed by atoms with E-state index in [1.807, 2.05) is 25.1 Å². The van der Waals surface area contributed by atoms with E-state index in [4.69, 9.17) is 5.26 Å². The van der Waals surface area contributed by atoms with Gasteiger partial charge in [-0.05, 0) is 38.4 Å². The maximum atomic E-state index is 11.7. The maximum absolute atomic E-state index is 11.7. The van der Waals surface area contributed by atoms with E-state index < -0.39 is 0 Å². The number of anilines is 1. The van der Waals surface area contributed by atoms with Crippen LogP contribution in [0.25, 0.3) is 0 Å². The number of amides is 1. The van der Waals surface area contributed by atoms with E-state index in [2.05, 4.69) is 10.6 Å². The average Bonchev–Trinajstić information content (AvgIpc) is 2.37. The molecule has 0 aliphatic heterocycles. The normalized spacial score (nSPS) is 10.1. The Labute approximate surface area is 107 Å². The van der Waals surface area contributed by atoms with Crippen LogP contribution in [0, 0.1) is 11.3 Å². The summed E-state index contributed by atoms with van der Waals surface area (Å²) in [6.45, 7) is 2.01. The van der Waals surface area contributed by atoms with Crippen molar-refractivity contribution < 1.29 is 4.79 Å². The lowest BCUT2D eigenvalue weighted by Crippen LogP contribution is -2.34. The Morgan fingerprint density at radius 1 is 1.39 bits per heavy atom. The van der Waals surface area contributed by atoms with E-state index >= 15 is 0 Å². The molecular formula is C13H18N4O. The molecule has 5 heteroatoms. The number of carbonyl (C=O) groups is 1. The summed E-state index contributed by atoms with van der Waals surface area (Å²) in [4.78, 5) is 13.6. The first-order valence-electron chi connectivity index (χ1n) is 5.79. The van der Waals surface area contributed by atoms with Crippen molar-refractivity contribution in [1.82, 2.24) is 10.2 Å². The number of nitrogens with zero attached hydrogens (tertiary/aromatic N) is 2. The quantitative estimate of drug-likeness (QED) is 0.773. The Kier molecular flexibility index (Phi) is 5.85. The second-order valence-electron chi connectivity index (χ2n) is 4.08. The van der Waals surface area contributed by atoms with Gasteiger partial charge >= 0.3 is 0 Å². The van der Waals surface area contributed by atoms with Gasteiger partial charge in [0.2, 0.25) is 5.91 Å². The van der Waals surface area contributed by atoms with Gasteiger partial charge in [0.1, 0.15) is 0 Å². The average molecular weight is 246 g/mol. The molecule has 0 radical (unpaired) electrons. The number of rotatable bonds is 6. The summed E-state index contributed by atoms with van der Waals surface area (Å²) >= 11 is 0.